The van der Waals surface area contributed by atoms with Gasteiger partial charge >= 0.3 is 5.97 Å². The summed E-state index contributed by atoms with van der Waals surface area (Å²) in [5.74, 6) is -0.355. The maximum absolute atomic E-state index is 11.7. The molecule has 92 valence electrons. The van der Waals surface area contributed by atoms with Crippen molar-refractivity contribution < 1.29 is 9.53 Å². The van der Waals surface area contributed by atoms with Crippen LogP contribution in [0.3, 0.4) is 0 Å². The molecule has 2 rings (SSSR count). The third-order valence-electron chi connectivity index (χ3n) is 2.78. The van der Waals surface area contributed by atoms with Crippen molar-refractivity contribution in [1.29, 1.82) is 0 Å². The standard InChI is InChI=1S/C15H15NO2/c1-10-4-3-5-11(8-10)14-9-12(16)6-7-13(14)15(17)18-2/h3-9H,16H2,1-2H3. The topological polar surface area (TPSA) is 52.3 Å². The number of hydrogen-bond donors (Lipinski definition) is 1. The summed E-state index contributed by atoms with van der Waals surface area (Å²) in [6, 6.07) is 13.1. The Labute approximate surface area is 106 Å². The Morgan fingerprint density at radius 3 is 2.61 bits per heavy atom. The summed E-state index contributed by atoms with van der Waals surface area (Å²) >= 11 is 0. The third-order valence-corrected chi connectivity index (χ3v) is 2.78. The molecule has 2 aromatic carbocycles. The molecule has 0 radical (unpaired) electrons. The van der Waals surface area contributed by atoms with Crippen molar-refractivity contribution in [3.05, 3.63) is 53.6 Å². The lowest BCUT2D eigenvalue weighted by Gasteiger charge is -2.09. The molecule has 0 bridgehead atoms. The molecule has 3 heteroatoms. The molecule has 0 atom stereocenters. The van der Waals surface area contributed by atoms with Crippen LogP contribution in [0.1, 0.15) is 15.9 Å². The molecular weight excluding hydrogens is 226 g/mol. The second kappa shape index (κ2) is 4.92. The molecule has 0 aliphatic heterocycles. The van der Waals surface area contributed by atoms with Gasteiger partial charge in [0.1, 0.15) is 0 Å². The van der Waals surface area contributed by atoms with Crippen LogP contribution in [-0.2, 0) is 4.74 Å². The van der Waals surface area contributed by atoms with Crippen LogP contribution in [0.25, 0.3) is 11.1 Å². The van der Waals surface area contributed by atoms with Crippen LogP contribution >= 0.6 is 0 Å². The van der Waals surface area contributed by atoms with Crippen molar-refractivity contribution in [3.8, 4) is 11.1 Å². The van der Waals surface area contributed by atoms with Crippen LogP contribution in [0, 0.1) is 6.92 Å². The number of aryl methyl sites for hydroxylation is 1. The number of carbonyl (C=O) groups excluding carboxylic acids is 1. The number of methoxy groups -OCH3 is 1. The molecule has 0 aliphatic carbocycles. The van der Waals surface area contributed by atoms with Crippen molar-refractivity contribution in [1.82, 2.24) is 0 Å². The minimum Gasteiger partial charge on any atom is -0.465 e. The van der Waals surface area contributed by atoms with Gasteiger partial charge in [-0.3, -0.25) is 0 Å². The average Bonchev–Trinajstić information content (AvgIpc) is 2.38. The number of nitrogens with two attached hydrogens (primary N) is 1. The number of nitrogen functional groups attached to an aromatic ring is 1. The molecule has 2 N–H and O–H groups in total. The second-order valence-corrected chi connectivity index (χ2v) is 4.17. The highest BCUT2D eigenvalue weighted by Crippen LogP contribution is 2.27. The molecule has 0 spiro atoms. The zero-order valence-corrected chi connectivity index (χ0v) is 10.4. The SMILES string of the molecule is COC(=O)c1ccc(N)cc1-c1cccc(C)c1. The number of rotatable bonds is 2. The summed E-state index contributed by atoms with van der Waals surface area (Å²) in [7, 11) is 1.37. The van der Waals surface area contributed by atoms with Crippen LogP contribution in [0.4, 0.5) is 5.69 Å². The van der Waals surface area contributed by atoms with Crippen molar-refractivity contribution in [3.63, 3.8) is 0 Å². The smallest absolute Gasteiger partial charge is 0.338 e. The Kier molecular flexibility index (Phi) is 3.33. The molecule has 0 unspecified atom stereocenters. The largest absolute Gasteiger partial charge is 0.465 e. The van der Waals surface area contributed by atoms with Gasteiger partial charge in [-0.1, -0.05) is 29.8 Å². The quantitative estimate of drug-likeness (QED) is 0.649. The Balaban J connectivity index is 2.61. The molecule has 0 saturated heterocycles. The Morgan fingerprint density at radius 1 is 1.17 bits per heavy atom. The molecule has 0 amide bonds. The van der Waals surface area contributed by atoms with Crippen LogP contribution < -0.4 is 5.73 Å². The normalized spacial score (nSPS) is 10.1. The fraction of sp³-hybridized carbons (Fsp3) is 0.133. The summed E-state index contributed by atoms with van der Waals surface area (Å²) in [6.07, 6.45) is 0. The maximum Gasteiger partial charge on any atom is 0.338 e. The molecule has 0 saturated carbocycles. The van der Waals surface area contributed by atoms with Crippen molar-refractivity contribution in [2.24, 2.45) is 0 Å². The predicted octanol–water partition coefficient (Wildman–Crippen LogP) is 3.03. The first kappa shape index (κ1) is 12.2. The number of carbonyl (C=O) groups is 1. The van der Waals surface area contributed by atoms with E-state index in [1.54, 1.807) is 18.2 Å². The van der Waals surface area contributed by atoms with E-state index >= 15 is 0 Å². The molecular formula is C15H15NO2. The number of hydrogen-bond acceptors (Lipinski definition) is 3. The first-order valence-corrected chi connectivity index (χ1v) is 5.66. The van der Waals surface area contributed by atoms with Gasteiger partial charge in [-0.25, -0.2) is 4.79 Å². The van der Waals surface area contributed by atoms with E-state index in [0.717, 1.165) is 16.7 Å². The number of esters is 1. The summed E-state index contributed by atoms with van der Waals surface area (Å²) in [4.78, 5) is 11.7. The second-order valence-electron chi connectivity index (χ2n) is 4.17. The van der Waals surface area contributed by atoms with Crippen molar-refractivity contribution in [2.75, 3.05) is 12.8 Å². The van der Waals surface area contributed by atoms with E-state index in [0.29, 0.717) is 11.3 Å². The van der Waals surface area contributed by atoms with Gasteiger partial charge in [0.05, 0.1) is 12.7 Å². The van der Waals surface area contributed by atoms with E-state index in [9.17, 15) is 4.79 Å². The third kappa shape index (κ3) is 2.35. The molecule has 2 aromatic rings. The lowest BCUT2D eigenvalue weighted by molar-refractivity contribution is 0.0601. The van der Waals surface area contributed by atoms with E-state index in [1.165, 1.54) is 7.11 Å². The lowest BCUT2D eigenvalue weighted by atomic mass is 9.98. The van der Waals surface area contributed by atoms with Gasteiger partial charge in [0, 0.05) is 5.69 Å². The number of benzene rings is 2. The first-order chi connectivity index (χ1) is 8.61. The molecule has 18 heavy (non-hydrogen) atoms. The highest BCUT2D eigenvalue weighted by molar-refractivity contribution is 5.98. The Morgan fingerprint density at radius 2 is 1.94 bits per heavy atom. The zero-order valence-electron chi connectivity index (χ0n) is 10.4. The van der Waals surface area contributed by atoms with Gasteiger partial charge in [0.2, 0.25) is 0 Å². The summed E-state index contributed by atoms with van der Waals surface area (Å²) in [6.45, 7) is 2.01. The van der Waals surface area contributed by atoms with Gasteiger partial charge in [-0.2, -0.15) is 0 Å². The molecule has 0 heterocycles. The minimum atomic E-state index is -0.355. The van der Waals surface area contributed by atoms with E-state index in [-0.39, 0.29) is 5.97 Å². The van der Waals surface area contributed by atoms with Crippen molar-refractivity contribution >= 4 is 11.7 Å². The van der Waals surface area contributed by atoms with Crippen LogP contribution in [0.5, 0.6) is 0 Å². The minimum absolute atomic E-state index is 0.355. The highest BCUT2D eigenvalue weighted by atomic mass is 16.5. The van der Waals surface area contributed by atoms with Crippen LogP contribution in [0.2, 0.25) is 0 Å². The summed E-state index contributed by atoms with van der Waals surface area (Å²) in [5.41, 5.74) is 9.83. The monoisotopic (exact) mass is 241 g/mol. The molecule has 0 aliphatic rings. The van der Waals surface area contributed by atoms with Crippen molar-refractivity contribution in [2.45, 2.75) is 6.92 Å². The fourth-order valence-corrected chi connectivity index (χ4v) is 1.90. The summed E-state index contributed by atoms with van der Waals surface area (Å²) < 4.78 is 4.79. The molecule has 3 nitrogen and oxygen atoms in total. The lowest BCUT2D eigenvalue weighted by Crippen LogP contribution is -2.04. The van der Waals surface area contributed by atoms with Gasteiger partial charge in [-0.15, -0.1) is 0 Å². The zero-order chi connectivity index (χ0) is 13.1. The number of ether oxygens (including phenoxy) is 1. The van der Waals surface area contributed by atoms with Crippen LogP contribution in [-0.4, -0.2) is 13.1 Å². The average molecular weight is 241 g/mol. The highest BCUT2D eigenvalue weighted by Gasteiger charge is 2.13. The van der Waals surface area contributed by atoms with E-state index in [1.807, 2.05) is 31.2 Å². The molecule has 0 aromatic heterocycles. The predicted molar refractivity (Wildman–Crippen MR) is 72.4 cm³/mol. The number of anilines is 1. The van der Waals surface area contributed by atoms with Gasteiger partial charge in [0.15, 0.2) is 0 Å². The Bertz CT molecular complexity index is 591. The van der Waals surface area contributed by atoms with Gasteiger partial charge in [-0.05, 0) is 36.2 Å². The van der Waals surface area contributed by atoms with E-state index in [2.05, 4.69) is 0 Å². The fourth-order valence-electron chi connectivity index (χ4n) is 1.90. The van der Waals surface area contributed by atoms with Crippen LogP contribution in [0.15, 0.2) is 42.5 Å². The van der Waals surface area contributed by atoms with Gasteiger partial charge < -0.3 is 10.5 Å². The van der Waals surface area contributed by atoms with E-state index in [4.69, 9.17) is 10.5 Å². The van der Waals surface area contributed by atoms with E-state index < -0.39 is 0 Å². The molecule has 0 fully saturated rings. The maximum atomic E-state index is 11.7. The Hall–Kier alpha value is -2.29. The van der Waals surface area contributed by atoms with Gasteiger partial charge in [0.25, 0.3) is 0 Å². The first-order valence-electron chi connectivity index (χ1n) is 5.66. The summed E-state index contributed by atoms with van der Waals surface area (Å²) in [5, 5.41) is 0.